The molecule has 2 aromatic carbocycles. The molecule has 9 heteroatoms. The topological polar surface area (TPSA) is 122 Å². The number of benzene rings is 2. The van der Waals surface area contributed by atoms with Crippen LogP contribution < -0.4 is 14.2 Å². The van der Waals surface area contributed by atoms with E-state index in [0.717, 1.165) is 0 Å². The first-order chi connectivity index (χ1) is 13.8. The minimum atomic E-state index is -3.85. The predicted molar refractivity (Wildman–Crippen MR) is 103 cm³/mol. The Hall–Kier alpha value is -2.62. The van der Waals surface area contributed by atoms with E-state index in [1.165, 1.54) is 6.07 Å². The Bertz CT molecular complexity index is 1050. The highest BCUT2D eigenvalue weighted by molar-refractivity contribution is 7.89. The van der Waals surface area contributed by atoms with Crippen LogP contribution in [-0.4, -0.2) is 49.5 Å². The summed E-state index contributed by atoms with van der Waals surface area (Å²) in [5.41, 5.74) is 1.29. The number of para-hydroxylation sites is 1. The highest BCUT2D eigenvalue weighted by Crippen LogP contribution is 2.51. The fourth-order valence-corrected chi connectivity index (χ4v) is 5.63. The number of aryl methyl sites for hydroxylation is 1. The molecular weight excluding hydrogens is 398 g/mol. The van der Waals surface area contributed by atoms with Crippen LogP contribution >= 0.6 is 0 Å². The van der Waals surface area contributed by atoms with Gasteiger partial charge in [-0.3, -0.25) is 0 Å². The number of aliphatic hydroxyl groups excluding tert-OH is 1. The van der Waals surface area contributed by atoms with E-state index in [1.807, 2.05) is 0 Å². The summed E-state index contributed by atoms with van der Waals surface area (Å²) >= 11 is 0. The first-order valence-corrected chi connectivity index (χ1v) is 10.7. The Morgan fingerprint density at radius 2 is 2.00 bits per heavy atom. The largest absolute Gasteiger partial charge is 0.485 e. The summed E-state index contributed by atoms with van der Waals surface area (Å²) < 4.78 is 39.8. The van der Waals surface area contributed by atoms with E-state index in [2.05, 4.69) is 4.72 Å². The fraction of sp³-hybridized carbons (Fsp3) is 0.350. The van der Waals surface area contributed by atoms with E-state index < -0.39 is 46.8 Å². The van der Waals surface area contributed by atoms with Crippen molar-refractivity contribution in [2.24, 2.45) is 0 Å². The van der Waals surface area contributed by atoms with Gasteiger partial charge in [-0.2, -0.15) is 0 Å². The van der Waals surface area contributed by atoms with Gasteiger partial charge < -0.3 is 19.7 Å². The summed E-state index contributed by atoms with van der Waals surface area (Å²) in [6, 6.07) is 10.9. The zero-order valence-electron chi connectivity index (χ0n) is 15.6. The lowest BCUT2D eigenvalue weighted by Gasteiger charge is -2.22. The monoisotopic (exact) mass is 419 g/mol. The molecule has 1 aliphatic heterocycles. The van der Waals surface area contributed by atoms with Crippen LogP contribution in [0.3, 0.4) is 0 Å². The van der Waals surface area contributed by atoms with Crippen LogP contribution in [0.5, 0.6) is 11.5 Å². The lowest BCUT2D eigenvalue weighted by atomic mass is 9.94. The maximum atomic E-state index is 12.9. The number of carbonyl (C=O) groups is 1. The van der Waals surface area contributed by atoms with Gasteiger partial charge in [-0.25, -0.2) is 17.9 Å². The number of hydrogen-bond donors (Lipinski definition) is 3. The molecule has 0 bridgehead atoms. The van der Waals surface area contributed by atoms with Crippen molar-refractivity contribution in [2.45, 2.75) is 42.4 Å². The van der Waals surface area contributed by atoms with E-state index in [9.17, 15) is 18.3 Å². The lowest BCUT2D eigenvalue weighted by molar-refractivity contribution is -0.139. The van der Waals surface area contributed by atoms with Gasteiger partial charge in [-0.15, -0.1) is 0 Å². The van der Waals surface area contributed by atoms with Gasteiger partial charge in [0, 0.05) is 17.9 Å². The average Bonchev–Trinajstić information content (AvgIpc) is 3.16. The summed E-state index contributed by atoms with van der Waals surface area (Å²) in [5.74, 6) is -0.836. The zero-order valence-corrected chi connectivity index (χ0v) is 16.4. The Morgan fingerprint density at radius 1 is 1.24 bits per heavy atom. The maximum Gasteiger partial charge on any atom is 0.341 e. The molecule has 4 atom stereocenters. The number of fused-ring (bicyclic) bond motifs is 3. The molecule has 0 aromatic heterocycles. The van der Waals surface area contributed by atoms with Crippen molar-refractivity contribution in [1.82, 2.24) is 4.72 Å². The third-order valence-corrected chi connectivity index (χ3v) is 6.96. The van der Waals surface area contributed by atoms with Crippen molar-refractivity contribution in [2.75, 3.05) is 6.61 Å². The second-order valence-corrected chi connectivity index (χ2v) is 8.94. The summed E-state index contributed by atoms with van der Waals surface area (Å²) in [4.78, 5) is 11.0. The molecule has 1 aliphatic carbocycles. The van der Waals surface area contributed by atoms with Crippen molar-refractivity contribution in [3.05, 3.63) is 53.6 Å². The van der Waals surface area contributed by atoms with Crippen molar-refractivity contribution in [3.8, 4) is 11.5 Å². The highest BCUT2D eigenvalue weighted by atomic mass is 32.2. The van der Waals surface area contributed by atoms with Crippen LogP contribution in [0.15, 0.2) is 47.4 Å². The number of ether oxygens (including phenoxy) is 2. The van der Waals surface area contributed by atoms with E-state index >= 15 is 0 Å². The minimum Gasteiger partial charge on any atom is -0.485 e. The van der Waals surface area contributed by atoms with Crippen molar-refractivity contribution in [1.29, 1.82) is 0 Å². The molecule has 29 heavy (non-hydrogen) atoms. The molecule has 0 spiro atoms. The Kier molecular flexibility index (Phi) is 4.97. The van der Waals surface area contributed by atoms with Gasteiger partial charge in [0.15, 0.2) is 18.1 Å². The van der Waals surface area contributed by atoms with Crippen molar-refractivity contribution in [3.63, 3.8) is 0 Å². The number of rotatable bonds is 6. The fourth-order valence-electron chi connectivity index (χ4n) is 4.10. The van der Waals surface area contributed by atoms with E-state index in [1.54, 1.807) is 43.3 Å². The maximum absolute atomic E-state index is 12.9. The van der Waals surface area contributed by atoms with Gasteiger partial charge in [0.05, 0.1) is 17.0 Å². The quantitative estimate of drug-likeness (QED) is 0.647. The summed E-state index contributed by atoms with van der Waals surface area (Å²) in [6.07, 6.45) is -1.10. The van der Waals surface area contributed by atoms with Gasteiger partial charge in [0.1, 0.15) is 6.10 Å². The smallest absolute Gasteiger partial charge is 0.341 e. The molecule has 0 amide bonds. The van der Waals surface area contributed by atoms with Gasteiger partial charge in [-0.05, 0) is 24.6 Å². The third-order valence-electron chi connectivity index (χ3n) is 5.34. The molecule has 0 radical (unpaired) electrons. The first kappa shape index (κ1) is 19.7. The first-order valence-electron chi connectivity index (χ1n) is 9.18. The van der Waals surface area contributed by atoms with Crippen LogP contribution in [0.1, 0.15) is 23.5 Å². The molecule has 4 unspecified atom stereocenters. The summed E-state index contributed by atoms with van der Waals surface area (Å²) in [6.45, 7) is 1.20. The Balaban J connectivity index is 1.64. The predicted octanol–water partition coefficient (Wildman–Crippen LogP) is 1.41. The van der Waals surface area contributed by atoms with Gasteiger partial charge in [0.25, 0.3) is 0 Å². The molecule has 2 aliphatic rings. The highest BCUT2D eigenvalue weighted by Gasteiger charge is 2.51. The third kappa shape index (κ3) is 3.57. The van der Waals surface area contributed by atoms with Crippen LogP contribution in [0.4, 0.5) is 0 Å². The molecule has 1 heterocycles. The normalized spacial score (nSPS) is 25.2. The summed E-state index contributed by atoms with van der Waals surface area (Å²) in [5, 5.41) is 19.4. The Morgan fingerprint density at radius 3 is 2.72 bits per heavy atom. The molecule has 4 rings (SSSR count). The number of nitrogens with one attached hydrogen (secondary N) is 1. The molecular formula is C20H21NO7S. The van der Waals surface area contributed by atoms with Crippen LogP contribution in [0, 0.1) is 6.92 Å². The van der Waals surface area contributed by atoms with Gasteiger partial charge >= 0.3 is 5.97 Å². The number of aliphatic carboxylic acids is 1. The SMILES string of the molecule is Cc1ccccc1S(=O)(=O)NC1C(O)CC2Oc3c(OCC(=O)O)cccc3C21. The van der Waals surface area contributed by atoms with Crippen molar-refractivity contribution < 1.29 is 32.9 Å². The van der Waals surface area contributed by atoms with Gasteiger partial charge in [-0.1, -0.05) is 30.3 Å². The zero-order chi connectivity index (χ0) is 20.8. The van der Waals surface area contributed by atoms with E-state index in [-0.39, 0.29) is 17.1 Å². The summed E-state index contributed by atoms with van der Waals surface area (Å²) in [7, 11) is -3.85. The van der Waals surface area contributed by atoms with Gasteiger partial charge in [0.2, 0.25) is 10.0 Å². The number of aliphatic hydroxyl groups is 1. The second kappa shape index (κ2) is 7.33. The van der Waals surface area contributed by atoms with Crippen LogP contribution in [0.25, 0.3) is 0 Å². The minimum absolute atomic E-state index is 0.160. The molecule has 1 saturated carbocycles. The van der Waals surface area contributed by atoms with Crippen LogP contribution in [0.2, 0.25) is 0 Å². The Labute approximate surface area is 168 Å². The standard InChI is InChI=1S/C20H21NO7S/c1-11-5-2-3-8-16(11)29(25,26)21-19-13(22)9-15-18(19)12-6-4-7-14(20(12)28-15)27-10-17(23)24/h2-8,13,15,18-19,21-22H,9-10H2,1H3,(H,23,24). The molecule has 2 aromatic rings. The van der Waals surface area contributed by atoms with E-state index in [0.29, 0.717) is 16.9 Å². The molecule has 1 fully saturated rings. The number of carboxylic acid groups (broad SMARTS) is 1. The average molecular weight is 419 g/mol. The number of hydrogen-bond acceptors (Lipinski definition) is 6. The molecule has 8 nitrogen and oxygen atoms in total. The molecule has 3 N–H and O–H groups in total. The molecule has 154 valence electrons. The number of carboxylic acids is 1. The second-order valence-electron chi connectivity index (χ2n) is 7.25. The number of sulfonamides is 1. The van der Waals surface area contributed by atoms with E-state index in [4.69, 9.17) is 14.6 Å². The van der Waals surface area contributed by atoms with Crippen molar-refractivity contribution >= 4 is 16.0 Å². The van der Waals surface area contributed by atoms with Crippen LogP contribution in [-0.2, 0) is 14.8 Å². The molecule has 0 saturated heterocycles. The lowest BCUT2D eigenvalue weighted by Crippen LogP contribution is -2.43.